The van der Waals surface area contributed by atoms with Crippen molar-refractivity contribution in [1.82, 2.24) is 5.32 Å². The van der Waals surface area contributed by atoms with Gasteiger partial charge in [0.1, 0.15) is 0 Å². The fraction of sp³-hybridized carbons (Fsp3) is 0.364. The Labute approximate surface area is 92.8 Å². The van der Waals surface area contributed by atoms with Gasteiger partial charge in [-0.1, -0.05) is 11.6 Å². The van der Waals surface area contributed by atoms with Crippen LogP contribution in [0.4, 0.5) is 5.69 Å². The van der Waals surface area contributed by atoms with E-state index in [1.807, 2.05) is 18.2 Å². The van der Waals surface area contributed by atoms with Gasteiger partial charge in [0, 0.05) is 17.3 Å². The lowest BCUT2D eigenvalue weighted by molar-refractivity contribution is -0.120. The van der Waals surface area contributed by atoms with Crippen molar-refractivity contribution in [3.63, 3.8) is 0 Å². The molecule has 0 aliphatic carbocycles. The predicted molar refractivity (Wildman–Crippen MR) is 59.2 cm³/mol. The number of halogens is 1. The van der Waals surface area contributed by atoms with Crippen LogP contribution in [-0.2, 0) is 10.2 Å². The number of carbonyl (C=O) groups excluding carboxylic acids is 1. The summed E-state index contributed by atoms with van der Waals surface area (Å²) >= 11 is 5.97. The number of rotatable bonds is 0. The summed E-state index contributed by atoms with van der Waals surface area (Å²) in [6.07, 6.45) is 0.853. The van der Waals surface area contributed by atoms with E-state index >= 15 is 0 Å². The van der Waals surface area contributed by atoms with Gasteiger partial charge < -0.3 is 10.6 Å². The van der Waals surface area contributed by atoms with Crippen molar-refractivity contribution < 1.29 is 4.79 Å². The number of hydrogen-bond donors (Lipinski definition) is 2. The highest BCUT2D eigenvalue weighted by atomic mass is 35.5. The van der Waals surface area contributed by atoms with Gasteiger partial charge >= 0.3 is 0 Å². The Kier molecular flexibility index (Phi) is 1.82. The number of nitrogens with one attached hydrogen (secondary N) is 2. The molecule has 0 unspecified atom stereocenters. The molecule has 0 bridgehead atoms. The van der Waals surface area contributed by atoms with Crippen LogP contribution in [0.3, 0.4) is 0 Å². The average molecular weight is 223 g/mol. The maximum absolute atomic E-state index is 12.0. The Morgan fingerprint density at radius 2 is 2.27 bits per heavy atom. The summed E-state index contributed by atoms with van der Waals surface area (Å²) in [5, 5.41) is 6.85. The van der Waals surface area contributed by atoms with Crippen molar-refractivity contribution in [1.29, 1.82) is 0 Å². The van der Waals surface area contributed by atoms with Crippen LogP contribution in [0, 0.1) is 0 Å². The molecule has 15 heavy (non-hydrogen) atoms. The predicted octanol–water partition coefficient (Wildman–Crippen LogP) is 1.52. The van der Waals surface area contributed by atoms with Gasteiger partial charge in [0.15, 0.2) is 0 Å². The number of hydrogen-bond acceptors (Lipinski definition) is 2. The van der Waals surface area contributed by atoms with Gasteiger partial charge in [0.2, 0.25) is 5.91 Å². The summed E-state index contributed by atoms with van der Waals surface area (Å²) < 4.78 is 0. The van der Waals surface area contributed by atoms with E-state index < -0.39 is 0 Å². The molecule has 2 aliphatic rings. The number of anilines is 1. The number of carbonyl (C=O) groups is 1. The molecule has 4 heteroatoms. The van der Waals surface area contributed by atoms with Crippen molar-refractivity contribution >= 4 is 23.2 Å². The van der Waals surface area contributed by atoms with Gasteiger partial charge in [-0.25, -0.2) is 0 Å². The second-order valence-electron chi connectivity index (χ2n) is 4.15. The average Bonchev–Trinajstić information content (AvgIpc) is 2.78. The Hall–Kier alpha value is -1.06. The molecule has 0 aromatic heterocycles. The normalized spacial score (nSPS) is 28.2. The molecule has 78 valence electrons. The van der Waals surface area contributed by atoms with Crippen LogP contribution in [0.25, 0.3) is 0 Å². The van der Waals surface area contributed by atoms with Crippen molar-refractivity contribution in [2.75, 3.05) is 18.4 Å². The molecular formula is C11H11ClN2O. The molecule has 0 saturated carbocycles. The molecule has 1 aromatic carbocycles. The highest BCUT2D eigenvalue weighted by Crippen LogP contribution is 2.42. The third-order valence-electron chi connectivity index (χ3n) is 3.34. The topological polar surface area (TPSA) is 41.1 Å². The van der Waals surface area contributed by atoms with E-state index in [0.29, 0.717) is 11.6 Å². The summed E-state index contributed by atoms with van der Waals surface area (Å²) in [6.45, 7) is 1.60. The molecule has 1 fully saturated rings. The van der Waals surface area contributed by atoms with Crippen molar-refractivity contribution in [3.05, 3.63) is 28.8 Å². The van der Waals surface area contributed by atoms with Gasteiger partial charge in [0.25, 0.3) is 0 Å². The van der Waals surface area contributed by atoms with Crippen LogP contribution in [-0.4, -0.2) is 19.0 Å². The van der Waals surface area contributed by atoms with Crippen LogP contribution >= 0.6 is 11.6 Å². The standard InChI is InChI=1S/C11H11ClN2O/c12-7-1-2-9-8(5-7)11(10(15)14-9)3-4-13-6-11/h1-2,5,13H,3-4,6H2,(H,14,15)/t11-/m1/s1. The molecule has 3 rings (SSSR count). The van der Waals surface area contributed by atoms with E-state index in [4.69, 9.17) is 11.6 Å². The van der Waals surface area contributed by atoms with E-state index in [2.05, 4.69) is 10.6 Å². The monoisotopic (exact) mass is 222 g/mol. The summed E-state index contributed by atoms with van der Waals surface area (Å²) in [5.74, 6) is 0.102. The fourth-order valence-electron chi connectivity index (χ4n) is 2.50. The third-order valence-corrected chi connectivity index (χ3v) is 3.57. The molecule has 0 radical (unpaired) electrons. The Morgan fingerprint density at radius 1 is 1.40 bits per heavy atom. The zero-order valence-electron chi connectivity index (χ0n) is 8.14. The number of fused-ring (bicyclic) bond motifs is 2. The molecular weight excluding hydrogens is 212 g/mol. The molecule has 3 nitrogen and oxygen atoms in total. The highest BCUT2D eigenvalue weighted by Gasteiger charge is 2.48. The molecule has 1 spiro atoms. The lowest BCUT2D eigenvalue weighted by atomic mass is 9.81. The minimum atomic E-state index is -0.375. The highest BCUT2D eigenvalue weighted by molar-refractivity contribution is 6.31. The molecule has 2 N–H and O–H groups in total. The first-order valence-electron chi connectivity index (χ1n) is 5.05. The second kappa shape index (κ2) is 2.97. The Balaban J connectivity index is 2.19. The van der Waals surface area contributed by atoms with Gasteiger partial charge in [-0.3, -0.25) is 4.79 Å². The van der Waals surface area contributed by atoms with Crippen molar-refractivity contribution in [2.45, 2.75) is 11.8 Å². The van der Waals surface area contributed by atoms with Crippen LogP contribution in [0.2, 0.25) is 5.02 Å². The summed E-state index contributed by atoms with van der Waals surface area (Å²) in [7, 11) is 0. The Bertz CT molecular complexity index is 438. The Morgan fingerprint density at radius 3 is 3.00 bits per heavy atom. The lowest BCUT2D eigenvalue weighted by Crippen LogP contribution is -2.36. The van der Waals surface area contributed by atoms with E-state index in [1.165, 1.54) is 0 Å². The molecule has 2 heterocycles. The zero-order valence-corrected chi connectivity index (χ0v) is 8.90. The van der Waals surface area contributed by atoms with Crippen LogP contribution in [0.1, 0.15) is 12.0 Å². The van der Waals surface area contributed by atoms with Crippen molar-refractivity contribution in [2.24, 2.45) is 0 Å². The van der Waals surface area contributed by atoms with E-state index in [1.54, 1.807) is 0 Å². The van der Waals surface area contributed by atoms with E-state index in [9.17, 15) is 4.79 Å². The van der Waals surface area contributed by atoms with Crippen LogP contribution in [0.5, 0.6) is 0 Å². The summed E-state index contributed by atoms with van der Waals surface area (Å²) in [4.78, 5) is 12.0. The summed E-state index contributed by atoms with van der Waals surface area (Å²) in [5.41, 5.74) is 1.58. The fourth-order valence-corrected chi connectivity index (χ4v) is 2.67. The van der Waals surface area contributed by atoms with Crippen LogP contribution in [0.15, 0.2) is 18.2 Å². The van der Waals surface area contributed by atoms with E-state index in [0.717, 1.165) is 24.2 Å². The minimum absolute atomic E-state index is 0.102. The first kappa shape index (κ1) is 9.19. The molecule has 1 amide bonds. The van der Waals surface area contributed by atoms with Crippen molar-refractivity contribution in [3.8, 4) is 0 Å². The second-order valence-corrected chi connectivity index (χ2v) is 4.59. The molecule has 2 aliphatic heterocycles. The maximum Gasteiger partial charge on any atom is 0.236 e. The summed E-state index contributed by atoms with van der Waals surface area (Å²) in [6, 6.07) is 5.59. The molecule has 1 saturated heterocycles. The largest absolute Gasteiger partial charge is 0.325 e. The first-order chi connectivity index (χ1) is 7.22. The SMILES string of the molecule is O=C1Nc2ccc(Cl)cc2[C@]12CCNC2. The van der Waals surface area contributed by atoms with Gasteiger partial charge in [-0.15, -0.1) is 0 Å². The van der Waals surface area contributed by atoms with Gasteiger partial charge in [-0.2, -0.15) is 0 Å². The lowest BCUT2D eigenvalue weighted by Gasteiger charge is -2.19. The number of benzene rings is 1. The zero-order chi connectivity index (χ0) is 10.5. The quantitative estimate of drug-likeness (QED) is 0.699. The molecule has 1 aromatic rings. The minimum Gasteiger partial charge on any atom is -0.325 e. The number of amides is 1. The van der Waals surface area contributed by atoms with E-state index in [-0.39, 0.29) is 11.3 Å². The van der Waals surface area contributed by atoms with Crippen LogP contribution < -0.4 is 10.6 Å². The maximum atomic E-state index is 12.0. The smallest absolute Gasteiger partial charge is 0.236 e. The van der Waals surface area contributed by atoms with Gasteiger partial charge in [0.05, 0.1) is 5.41 Å². The third kappa shape index (κ3) is 1.13. The molecule has 1 atom stereocenters. The first-order valence-corrected chi connectivity index (χ1v) is 5.42. The van der Waals surface area contributed by atoms with Gasteiger partial charge in [-0.05, 0) is 36.7 Å².